The Morgan fingerprint density at radius 2 is 0.431 bits per heavy atom. The molecule has 0 atom stereocenters. The van der Waals surface area contributed by atoms with Crippen molar-refractivity contribution in [3.8, 4) is 106 Å². The molecule has 0 amide bonds. The summed E-state index contributed by atoms with van der Waals surface area (Å²) in [6, 6.07) is 121. The third-order valence-corrected chi connectivity index (χ3v) is 22.5. The molecular weight excluding hydrogens is 1790 g/mol. The molecule has 0 saturated carbocycles. The molecule has 20 rings (SSSR count). The van der Waals surface area contributed by atoms with Gasteiger partial charge in [0.2, 0.25) is 12.4 Å². The molecule has 24 nitrogen and oxygen atoms in total. The number of fused-ring (bicyclic) bond motifs is 8. The van der Waals surface area contributed by atoms with Gasteiger partial charge in [0.1, 0.15) is 80.4 Å². The summed E-state index contributed by atoms with van der Waals surface area (Å²) in [4.78, 5) is 27.7. The van der Waals surface area contributed by atoms with Crippen LogP contribution in [0, 0.1) is 108 Å². The van der Waals surface area contributed by atoms with Gasteiger partial charge in [-0.2, -0.15) is 33.7 Å². The SMILES string of the molecule is [C-]#[N+]/C(C#N)=c1/cc(Oc2ccc3ccccc3c2)/c(=C(\C#N)[N+]#[C-])cc1Oc1ccc2ccccc2c1.[C-]#[N+]/C(C#N)=c1/cc(Oc2cccc3ccccc23)/c(=C(\C#N)[N+]#[C-])cc1Oc1cccc2ccccc12.[C-]#[N+]/N=C1/C=C(Oc2ccc3ccccc3c2)C(=NC#N)C=C1Oc1ccc2ccccc2c1.[C-]#[N+]/N=C1/C=C(Oc2cccc3ccccc23)C(=NC#N)C=C1Oc1cccc2ccccc12. The summed E-state index contributed by atoms with van der Waals surface area (Å²) >= 11 is 0. The molecule has 0 bridgehead atoms. The minimum Gasteiger partial charge on any atom is -0.458 e. The quantitative estimate of drug-likeness (QED) is 0.0376. The molecule has 0 N–H and O–H groups in total. The highest BCUT2D eigenvalue weighted by Crippen LogP contribution is 2.38. The van der Waals surface area contributed by atoms with Crippen molar-refractivity contribution in [3.63, 3.8) is 0 Å². The third-order valence-electron chi connectivity index (χ3n) is 22.5. The number of hydrogen-bond donors (Lipinski definition) is 0. The number of nitrogens with zero attached hydrogens (tertiary/aromatic N) is 16. The predicted octanol–water partition coefficient (Wildman–Crippen LogP) is 26.2. The second kappa shape index (κ2) is 44.1. The fourth-order valence-electron chi connectivity index (χ4n) is 15.8. The number of hydrogen-bond acceptors (Lipinski definition) is 18. The summed E-state index contributed by atoms with van der Waals surface area (Å²) < 4.78 is 49.3. The first-order valence-corrected chi connectivity index (χ1v) is 43.8. The normalized spacial score (nSPS) is 13.6. The van der Waals surface area contributed by atoms with Crippen LogP contribution in [0.3, 0.4) is 0 Å². The van der Waals surface area contributed by atoms with Crippen LogP contribution in [-0.4, -0.2) is 22.8 Å². The van der Waals surface area contributed by atoms with Crippen molar-refractivity contribution in [1.82, 2.24) is 0 Å². The Kier molecular flexibility index (Phi) is 28.5. The average Bonchev–Trinajstić information content (AvgIpc) is 0.795. The summed E-state index contributed by atoms with van der Waals surface area (Å²) in [6.45, 7) is 44.7. The molecule has 672 valence electrons. The molecule has 0 fully saturated rings. The highest BCUT2D eigenvalue weighted by atomic mass is 16.5. The molecule has 2 aliphatic carbocycles. The smallest absolute Gasteiger partial charge is 0.272 e. The second-order valence-electron chi connectivity index (χ2n) is 31.1. The van der Waals surface area contributed by atoms with Crippen LogP contribution in [-0.2, 0) is 0 Å². The van der Waals surface area contributed by atoms with Crippen molar-refractivity contribution in [2.45, 2.75) is 0 Å². The van der Waals surface area contributed by atoms with Crippen molar-refractivity contribution in [2.24, 2.45) is 20.2 Å². The van der Waals surface area contributed by atoms with Crippen LogP contribution < -0.4 is 58.8 Å². The van der Waals surface area contributed by atoms with E-state index in [9.17, 15) is 31.6 Å². The molecule has 0 unspecified atom stereocenters. The Morgan fingerprint density at radius 3 is 0.701 bits per heavy atom. The Balaban J connectivity index is 0.000000132. The van der Waals surface area contributed by atoms with Gasteiger partial charge in [-0.3, -0.25) is 0 Å². The van der Waals surface area contributed by atoms with Gasteiger partial charge in [-0.1, -0.05) is 267 Å². The van der Waals surface area contributed by atoms with E-state index in [1.165, 1.54) is 24.3 Å². The summed E-state index contributed by atoms with van der Waals surface area (Å²) in [5.74, 6) is 6.12. The van der Waals surface area contributed by atoms with E-state index in [1.54, 1.807) is 54.8 Å². The minimum absolute atomic E-state index is 0.157. The van der Waals surface area contributed by atoms with Crippen LogP contribution >= 0.6 is 0 Å². The van der Waals surface area contributed by atoms with Crippen molar-refractivity contribution in [2.75, 3.05) is 0 Å². The molecule has 0 saturated heterocycles. The van der Waals surface area contributed by atoms with Crippen molar-refractivity contribution >= 4 is 132 Å². The fraction of sp³-hybridized carbons (Fsp3) is 0. The molecule has 18 aromatic carbocycles. The molecule has 0 spiro atoms. The maximum absolute atomic E-state index is 9.73. The van der Waals surface area contributed by atoms with Gasteiger partial charge in [-0.15, -0.1) is 9.91 Å². The van der Waals surface area contributed by atoms with Crippen molar-refractivity contribution < 1.29 is 37.9 Å². The number of rotatable bonds is 16. The van der Waals surface area contributed by atoms with Gasteiger partial charge in [0.25, 0.3) is 22.8 Å². The van der Waals surface area contributed by atoms with Crippen LogP contribution in [0.15, 0.2) is 432 Å². The lowest BCUT2D eigenvalue weighted by Crippen LogP contribution is -2.20. The van der Waals surface area contributed by atoms with E-state index in [1.807, 2.05) is 346 Å². The molecular formula is C120H64N16O8. The maximum atomic E-state index is 9.73. The molecule has 2 aliphatic rings. The van der Waals surface area contributed by atoms with E-state index in [0.717, 1.165) is 86.2 Å². The number of benzene rings is 18. The van der Waals surface area contributed by atoms with Crippen LogP contribution in [0.5, 0.6) is 69.0 Å². The molecule has 24 heteroatoms. The number of allylic oxidation sites excluding steroid dienone is 4. The highest BCUT2D eigenvalue weighted by molar-refractivity contribution is 6.24. The van der Waals surface area contributed by atoms with E-state index >= 15 is 0 Å². The van der Waals surface area contributed by atoms with E-state index in [4.69, 9.17) is 77.3 Å². The van der Waals surface area contributed by atoms with Crippen LogP contribution in [0.2, 0.25) is 0 Å². The first-order chi connectivity index (χ1) is 70.8. The first kappa shape index (κ1) is 93.3. The summed E-state index contributed by atoms with van der Waals surface area (Å²) in [7, 11) is 0. The van der Waals surface area contributed by atoms with E-state index < -0.39 is 0 Å². The number of nitriles is 6. The van der Waals surface area contributed by atoms with Crippen molar-refractivity contribution in [1.29, 1.82) is 31.6 Å². The number of ether oxygens (including phenoxy) is 8. The van der Waals surface area contributed by atoms with E-state index in [-0.39, 0.29) is 89.5 Å². The molecule has 0 radical (unpaired) electrons. The number of aliphatic imine (C=N–C) groups is 2. The van der Waals surface area contributed by atoms with Crippen molar-refractivity contribution in [3.05, 3.63) is 501 Å². The predicted molar refractivity (Wildman–Crippen MR) is 555 cm³/mol. The van der Waals surface area contributed by atoms with Gasteiger partial charge < -0.3 is 37.9 Å². The highest BCUT2D eigenvalue weighted by Gasteiger charge is 2.28. The zero-order valence-corrected chi connectivity index (χ0v) is 75.4. The molecule has 0 aromatic heterocycles. The van der Waals surface area contributed by atoms with E-state index in [0.29, 0.717) is 69.0 Å². The maximum Gasteiger partial charge on any atom is 0.272 e. The lowest BCUT2D eigenvalue weighted by Gasteiger charge is -2.18. The largest absolute Gasteiger partial charge is 0.458 e. The lowest BCUT2D eigenvalue weighted by atomic mass is 10.1. The van der Waals surface area contributed by atoms with Crippen LogP contribution in [0.4, 0.5) is 0 Å². The second-order valence-corrected chi connectivity index (χ2v) is 31.1. The van der Waals surface area contributed by atoms with Gasteiger partial charge in [0.15, 0.2) is 34.5 Å². The lowest BCUT2D eigenvalue weighted by molar-refractivity contribution is 0.443. The molecule has 0 aliphatic heterocycles. The average molecular weight is 1860 g/mol. The molecule has 144 heavy (non-hydrogen) atoms. The third kappa shape index (κ3) is 21.2. The Labute approximate surface area is 823 Å². The Morgan fingerprint density at radius 1 is 0.208 bits per heavy atom. The summed E-state index contributed by atoms with van der Waals surface area (Å²) in [5.41, 5.74) is 0.247. The van der Waals surface area contributed by atoms with Gasteiger partial charge in [-0.25, -0.2) is 40.4 Å². The van der Waals surface area contributed by atoms with Gasteiger partial charge in [-0.05, 0) is 162 Å². The Hall–Kier alpha value is -22.6. The minimum atomic E-state index is -0.212. The monoisotopic (exact) mass is 1860 g/mol. The standard InChI is InChI=1S/2C32H16N4O2.2C28H16N4O2/c1-35-27(19-33)25-17-32(38-30-16-8-12-22-10-4-6-14-24(22)30)26(28(20-34)36-2)18-31(25)37-29-15-7-11-21-9-3-5-13-23(21)29;1-35-29(19-33)27-17-32(38-26-14-12-22-8-4-6-10-24(22)16-26)28(30(20-34)36-2)18-31(27)37-25-13-11-21-7-3-5-9-23(21)15-25;1-30-32-24-17-27(33-25-14-6-10-19-8-2-4-12-21(19)25)23(31-18-29)16-28(24)34-26-15-7-11-20-9-3-5-13-22(20)26;1-30-32-26-17-27(33-23-12-10-19-6-2-4-8-21(19)14-23)25(31-18-29)16-28(26)34-24-13-11-20-7-3-5-9-22(20)15-24/h2*3-18H;2*2-17H/b27-25-,28-26+;29-27-,30-28+;31-23?,32-24-;31-25?,32-26-. The first-order valence-electron chi connectivity index (χ1n) is 43.8. The van der Waals surface area contributed by atoms with Crippen LogP contribution in [0.25, 0.3) is 138 Å². The van der Waals surface area contributed by atoms with Gasteiger partial charge in [0, 0.05) is 66.7 Å². The topological polar surface area (TPSA) is 292 Å². The molecule has 0 heterocycles. The van der Waals surface area contributed by atoms with E-state index in [2.05, 4.69) is 49.5 Å². The zero-order valence-electron chi connectivity index (χ0n) is 75.4. The van der Waals surface area contributed by atoms with Crippen LogP contribution in [0.1, 0.15) is 0 Å². The zero-order chi connectivity index (χ0) is 99.6. The summed E-state index contributed by atoms with van der Waals surface area (Å²) in [6.07, 6.45) is 9.86. The summed E-state index contributed by atoms with van der Waals surface area (Å²) in [5, 5.41) is 81.5. The van der Waals surface area contributed by atoms with Gasteiger partial charge >= 0.3 is 0 Å². The fourth-order valence-corrected chi connectivity index (χ4v) is 15.8. The Bertz CT molecular complexity index is 8870. The molecule has 18 aromatic rings. The van der Waals surface area contributed by atoms with Gasteiger partial charge in [0.05, 0.1) is 60.8 Å².